The quantitative estimate of drug-likeness (QED) is 0.273. The third-order valence-electron chi connectivity index (χ3n) is 4.04. The van der Waals surface area contributed by atoms with Gasteiger partial charge in [-0.15, -0.1) is 0 Å². The first-order chi connectivity index (χ1) is 14.8. The van der Waals surface area contributed by atoms with Crippen molar-refractivity contribution in [1.29, 1.82) is 0 Å². The minimum atomic E-state index is -0.571. The maximum atomic E-state index is 12.0. The number of carbonyl (C=O) groups excluding carboxylic acids is 1. The number of carbonyl (C=O) groups is 1. The average molecular weight is 442 g/mol. The number of hydrogen-bond donors (Lipinski definition) is 2. The van der Waals surface area contributed by atoms with Crippen molar-refractivity contribution in [1.82, 2.24) is 9.97 Å². The summed E-state index contributed by atoms with van der Waals surface area (Å²) in [5.41, 5.74) is 1.16. The summed E-state index contributed by atoms with van der Waals surface area (Å²) in [6.07, 6.45) is 1.21. The molecule has 0 bridgehead atoms. The Balaban J connectivity index is 1.80. The van der Waals surface area contributed by atoms with Crippen molar-refractivity contribution in [3.63, 3.8) is 0 Å². The lowest BCUT2D eigenvalue weighted by molar-refractivity contribution is -0.383. The number of halogens is 1. The zero-order chi connectivity index (χ0) is 22.4. The van der Waals surface area contributed by atoms with Gasteiger partial charge in [-0.2, -0.15) is 0 Å². The van der Waals surface area contributed by atoms with Crippen molar-refractivity contribution in [2.24, 2.45) is 5.92 Å². The van der Waals surface area contributed by atoms with Crippen LogP contribution in [0.15, 0.2) is 54.9 Å². The van der Waals surface area contributed by atoms with Gasteiger partial charge in [-0.05, 0) is 54.4 Å². The molecule has 9 nitrogen and oxygen atoms in total. The maximum Gasteiger partial charge on any atom is 0.353 e. The van der Waals surface area contributed by atoms with Gasteiger partial charge in [0.05, 0.1) is 17.1 Å². The molecule has 0 aliphatic heterocycles. The highest BCUT2D eigenvalue weighted by molar-refractivity contribution is 6.30. The van der Waals surface area contributed by atoms with Gasteiger partial charge in [-0.25, -0.2) is 14.8 Å². The molecule has 0 amide bonds. The van der Waals surface area contributed by atoms with Crippen molar-refractivity contribution < 1.29 is 14.5 Å². The number of nitro groups is 1. The number of nitrogens with one attached hydrogen (secondary N) is 2. The second kappa shape index (κ2) is 9.86. The van der Waals surface area contributed by atoms with Crippen LogP contribution >= 0.6 is 11.6 Å². The van der Waals surface area contributed by atoms with E-state index < -0.39 is 10.9 Å². The number of hydrogen-bond acceptors (Lipinski definition) is 8. The SMILES string of the molecule is CC(C)COC(=O)c1ccc(Nc2ncnc(Nc3ccc(Cl)cc3)c2[N+](=O)[O-])cc1. The summed E-state index contributed by atoms with van der Waals surface area (Å²) in [4.78, 5) is 31.2. The number of ether oxygens (including phenoxy) is 1. The Morgan fingerprint density at radius 1 is 1.03 bits per heavy atom. The standard InChI is InChI=1S/C21H20ClN5O4/c1-13(2)11-31-21(28)14-3-7-16(8-4-14)25-19-18(27(29)30)20(24-12-23-19)26-17-9-5-15(22)6-10-17/h3-10,12-13H,11H2,1-2H3,(H2,23,24,25,26). The number of benzene rings is 2. The van der Waals surface area contributed by atoms with Crippen molar-refractivity contribution in [3.8, 4) is 0 Å². The molecule has 2 aromatic carbocycles. The van der Waals surface area contributed by atoms with Crippen LogP contribution in [-0.4, -0.2) is 27.5 Å². The summed E-state index contributed by atoms with van der Waals surface area (Å²) >= 11 is 5.87. The minimum Gasteiger partial charge on any atom is -0.462 e. The van der Waals surface area contributed by atoms with Gasteiger partial charge in [0.25, 0.3) is 0 Å². The van der Waals surface area contributed by atoms with E-state index >= 15 is 0 Å². The van der Waals surface area contributed by atoms with Gasteiger partial charge in [0.1, 0.15) is 6.33 Å². The molecule has 2 N–H and O–H groups in total. The summed E-state index contributed by atoms with van der Waals surface area (Å²) in [5, 5.41) is 18.1. The van der Waals surface area contributed by atoms with E-state index in [2.05, 4.69) is 20.6 Å². The van der Waals surface area contributed by atoms with Crippen LogP contribution in [0.4, 0.5) is 28.7 Å². The molecule has 0 saturated heterocycles. The largest absolute Gasteiger partial charge is 0.462 e. The number of rotatable bonds is 8. The van der Waals surface area contributed by atoms with Crippen LogP contribution < -0.4 is 10.6 Å². The van der Waals surface area contributed by atoms with Gasteiger partial charge >= 0.3 is 11.7 Å². The molecule has 0 unspecified atom stereocenters. The molecule has 3 aromatic rings. The molecular weight excluding hydrogens is 422 g/mol. The van der Waals surface area contributed by atoms with Crippen molar-refractivity contribution in [2.45, 2.75) is 13.8 Å². The lowest BCUT2D eigenvalue weighted by atomic mass is 10.2. The molecule has 0 fully saturated rings. The molecule has 3 rings (SSSR count). The van der Waals surface area contributed by atoms with Gasteiger partial charge in [0, 0.05) is 16.4 Å². The van der Waals surface area contributed by atoms with Crippen LogP contribution in [0, 0.1) is 16.0 Å². The van der Waals surface area contributed by atoms with E-state index in [0.717, 1.165) is 0 Å². The Bertz CT molecular complexity index is 1070. The Morgan fingerprint density at radius 2 is 1.55 bits per heavy atom. The first-order valence-electron chi connectivity index (χ1n) is 9.39. The van der Waals surface area contributed by atoms with Crippen molar-refractivity contribution >= 4 is 46.3 Å². The van der Waals surface area contributed by atoms with Gasteiger partial charge in [0.2, 0.25) is 11.6 Å². The van der Waals surface area contributed by atoms with Crippen molar-refractivity contribution in [3.05, 3.63) is 75.6 Å². The number of esters is 1. The van der Waals surface area contributed by atoms with Crippen LogP contribution in [0.3, 0.4) is 0 Å². The molecule has 0 atom stereocenters. The predicted molar refractivity (Wildman–Crippen MR) is 118 cm³/mol. The molecule has 31 heavy (non-hydrogen) atoms. The number of aromatic nitrogens is 2. The van der Waals surface area contributed by atoms with Gasteiger partial charge in [0.15, 0.2) is 0 Å². The maximum absolute atomic E-state index is 12.0. The Morgan fingerprint density at radius 3 is 2.03 bits per heavy atom. The second-order valence-corrected chi connectivity index (χ2v) is 7.44. The molecule has 10 heteroatoms. The third-order valence-corrected chi connectivity index (χ3v) is 4.29. The predicted octanol–water partition coefficient (Wildman–Crippen LogP) is 5.34. The van der Waals surface area contributed by atoms with E-state index in [1.165, 1.54) is 6.33 Å². The number of anilines is 4. The fourth-order valence-corrected chi connectivity index (χ4v) is 2.68. The second-order valence-electron chi connectivity index (χ2n) is 7.00. The van der Waals surface area contributed by atoms with Gasteiger partial charge < -0.3 is 15.4 Å². The first-order valence-corrected chi connectivity index (χ1v) is 9.77. The Hall–Kier alpha value is -3.72. The van der Waals surface area contributed by atoms with E-state index in [0.29, 0.717) is 28.6 Å². The lowest BCUT2D eigenvalue weighted by Gasteiger charge is -2.11. The molecular formula is C21H20ClN5O4. The van der Waals surface area contributed by atoms with Crippen LogP contribution in [0.1, 0.15) is 24.2 Å². The first kappa shape index (κ1) is 22.0. The van der Waals surface area contributed by atoms with E-state index in [1.807, 2.05) is 13.8 Å². The fourth-order valence-electron chi connectivity index (χ4n) is 2.56. The highest BCUT2D eigenvalue weighted by Crippen LogP contribution is 2.33. The highest BCUT2D eigenvalue weighted by atomic mass is 35.5. The summed E-state index contributed by atoms with van der Waals surface area (Å²) in [6.45, 7) is 4.23. The topological polar surface area (TPSA) is 119 Å². The fraction of sp³-hybridized carbons (Fsp3) is 0.190. The molecule has 160 valence electrons. The third kappa shape index (κ3) is 5.89. The monoisotopic (exact) mass is 441 g/mol. The zero-order valence-corrected chi connectivity index (χ0v) is 17.6. The summed E-state index contributed by atoms with van der Waals surface area (Å²) < 4.78 is 5.19. The normalized spacial score (nSPS) is 10.6. The summed E-state index contributed by atoms with van der Waals surface area (Å²) in [6, 6.07) is 13.0. The summed E-state index contributed by atoms with van der Waals surface area (Å²) in [7, 11) is 0. The molecule has 0 aliphatic rings. The smallest absolute Gasteiger partial charge is 0.353 e. The van der Waals surface area contributed by atoms with Crippen molar-refractivity contribution in [2.75, 3.05) is 17.2 Å². The van der Waals surface area contributed by atoms with E-state index in [1.54, 1.807) is 48.5 Å². The zero-order valence-electron chi connectivity index (χ0n) is 16.8. The average Bonchev–Trinajstić information content (AvgIpc) is 2.74. The van der Waals surface area contributed by atoms with E-state index in [-0.39, 0.29) is 23.2 Å². The van der Waals surface area contributed by atoms with Gasteiger partial charge in [-0.3, -0.25) is 10.1 Å². The lowest BCUT2D eigenvalue weighted by Crippen LogP contribution is -2.10. The molecule has 0 aliphatic carbocycles. The highest BCUT2D eigenvalue weighted by Gasteiger charge is 2.23. The summed E-state index contributed by atoms with van der Waals surface area (Å²) in [5.74, 6) is -0.160. The Kier molecular flexibility index (Phi) is 6.99. The van der Waals surface area contributed by atoms with E-state index in [4.69, 9.17) is 16.3 Å². The molecule has 0 saturated carbocycles. The van der Waals surface area contributed by atoms with E-state index in [9.17, 15) is 14.9 Å². The Labute approximate surface area is 183 Å². The number of nitrogens with zero attached hydrogens (tertiary/aromatic N) is 3. The molecule has 0 spiro atoms. The van der Waals surface area contributed by atoms with Crippen LogP contribution in [0.5, 0.6) is 0 Å². The van der Waals surface area contributed by atoms with Crippen LogP contribution in [0.2, 0.25) is 5.02 Å². The van der Waals surface area contributed by atoms with Crippen LogP contribution in [-0.2, 0) is 4.74 Å². The molecule has 0 radical (unpaired) electrons. The molecule has 1 heterocycles. The molecule has 1 aromatic heterocycles. The van der Waals surface area contributed by atoms with Crippen LogP contribution in [0.25, 0.3) is 0 Å². The minimum absolute atomic E-state index is 0.00611. The van der Waals surface area contributed by atoms with Gasteiger partial charge in [-0.1, -0.05) is 25.4 Å².